The molecule has 4 aliphatic rings. The average molecular weight is 292 g/mol. The molecule has 4 rings (SSSR count). The topological polar surface area (TPSA) is 108 Å². The van der Waals surface area contributed by atoms with E-state index < -0.39 is 5.60 Å². The summed E-state index contributed by atoms with van der Waals surface area (Å²) in [5, 5.41) is 10.4. The van der Waals surface area contributed by atoms with Crippen molar-refractivity contribution in [2.45, 2.75) is 50.6 Å². The molecule has 0 bridgehead atoms. The van der Waals surface area contributed by atoms with Crippen molar-refractivity contribution < 1.29 is 9.84 Å². The standard InChI is InChI=1S/C13H20N6O2/c1-6-7-3-4-13(2,20)5-19(7)10-8-9(15-12(14)16-10)17-18-11(8)21-6/h6-7,9,17-18,20H,3-5H2,1-2H3,(H2,14,15)/t6?,7?,9?,13-/m0/s1. The third-order valence-corrected chi connectivity index (χ3v) is 4.57. The molecule has 4 aliphatic heterocycles. The van der Waals surface area contributed by atoms with Gasteiger partial charge < -0.3 is 20.5 Å². The summed E-state index contributed by atoms with van der Waals surface area (Å²) in [6.07, 6.45) is 1.30. The van der Waals surface area contributed by atoms with E-state index in [0.29, 0.717) is 12.4 Å². The number of hydrogen-bond acceptors (Lipinski definition) is 8. The van der Waals surface area contributed by atoms with Crippen LogP contribution in [0.15, 0.2) is 21.4 Å². The molecule has 0 spiro atoms. The van der Waals surface area contributed by atoms with E-state index in [0.717, 1.165) is 24.3 Å². The summed E-state index contributed by atoms with van der Waals surface area (Å²) < 4.78 is 6.04. The van der Waals surface area contributed by atoms with Gasteiger partial charge in [0.1, 0.15) is 11.9 Å². The predicted molar refractivity (Wildman–Crippen MR) is 77.0 cm³/mol. The molecule has 0 aromatic carbocycles. The first-order chi connectivity index (χ1) is 9.94. The number of aliphatic hydroxyl groups is 1. The number of amidine groups is 1. The normalized spacial score (nSPS) is 41.3. The number of hydrogen-bond donors (Lipinski definition) is 4. The largest absolute Gasteiger partial charge is 0.473 e. The zero-order valence-electron chi connectivity index (χ0n) is 12.1. The fourth-order valence-electron chi connectivity index (χ4n) is 3.52. The second-order valence-electron chi connectivity index (χ2n) is 6.39. The fraction of sp³-hybridized carbons (Fsp3) is 0.692. The maximum Gasteiger partial charge on any atom is 0.219 e. The van der Waals surface area contributed by atoms with Crippen molar-refractivity contribution in [3.05, 3.63) is 11.5 Å². The third kappa shape index (κ3) is 1.90. The highest BCUT2D eigenvalue weighted by Gasteiger charge is 2.47. The molecular formula is C13H20N6O2. The van der Waals surface area contributed by atoms with E-state index in [1.807, 2.05) is 13.8 Å². The minimum Gasteiger partial charge on any atom is -0.473 e. The highest BCUT2D eigenvalue weighted by atomic mass is 16.5. The van der Waals surface area contributed by atoms with Gasteiger partial charge in [0.25, 0.3) is 0 Å². The molecule has 8 nitrogen and oxygen atoms in total. The van der Waals surface area contributed by atoms with Crippen molar-refractivity contribution in [2.24, 2.45) is 15.7 Å². The Morgan fingerprint density at radius 2 is 2.33 bits per heavy atom. The molecule has 4 atom stereocenters. The van der Waals surface area contributed by atoms with Gasteiger partial charge >= 0.3 is 0 Å². The number of rotatable bonds is 0. The third-order valence-electron chi connectivity index (χ3n) is 4.57. The fourth-order valence-corrected chi connectivity index (χ4v) is 3.52. The Hall–Kier alpha value is -1.80. The summed E-state index contributed by atoms with van der Waals surface area (Å²) in [5.74, 6) is 1.67. The van der Waals surface area contributed by atoms with Crippen molar-refractivity contribution in [2.75, 3.05) is 6.54 Å². The quantitative estimate of drug-likeness (QED) is 0.456. The summed E-state index contributed by atoms with van der Waals surface area (Å²) in [6.45, 7) is 4.42. The van der Waals surface area contributed by atoms with Gasteiger partial charge in [-0.15, -0.1) is 0 Å². The van der Waals surface area contributed by atoms with Gasteiger partial charge in [-0.1, -0.05) is 0 Å². The van der Waals surface area contributed by atoms with Gasteiger partial charge in [-0.2, -0.15) is 4.99 Å². The Bertz CT molecular complexity index is 581. The lowest BCUT2D eigenvalue weighted by Crippen LogP contribution is -2.58. The number of nitrogens with one attached hydrogen (secondary N) is 2. The van der Waals surface area contributed by atoms with Crippen LogP contribution in [0.25, 0.3) is 0 Å². The Morgan fingerprint density at radius 1 is 1.52 bits per heavy atom. The van der Waals surface area contributed by atoms with Crippen molar-refractivity contribution >= 4 is 11.8 Å². The Labute approximate surface area is 122 Å². The van der Waals surface area contributed by atoms with E-state index in [1.54, 1.807) is 0 Å². The Kier molecular flexibility index (Phi) is 2.52. The number of ether oxygens (including phenoxy) is 1. The molecule has 4 heterocycles. The molecule has 21 heavy (non-hydrogen) atoms. The van der Waals surface area contributed by atoms with E-state index >= 15 is 0 Å². The van der Waals surface area contributed by atoms with E-state index in [-0.39, 0.29) is 24.3 Å². The highest BCUT2D eigenvalue weighted by molar-refractivity contribution is 6.09. The van der Waals surface area contributed by atoms with Gasteiger partial charge in [0.15, 0.2) is 6.17 Å². The van der Waals surface area contributed by atoms with Crippen LogP contribution in [0.1, 0.15) is 26.7 Å². The monoisotopic (exact) mass is 292 g/mol. The van der Waals surface area contributed by atoms with E-state index in [1.165, 1.54) is 0 Å². The lowest BCUT2D eigenvalue weighted by Gasteiger charge is -2.45. The Morgan fingerprint density at radius 3 is 3.14 bits per heavy atom. The molecule has 0 aromatic rings. The van der Waals surface area contributed by atoms with Crippen molar-refractivity contribution in [1.82, 2.24) is 15.8 Å². The maximum absolute atomic E-state index is 10.4. The molecule has 1 saturated heterocycles. The minimum absolute atomic E-state index is 0.00817. The Balaban J connectivity index is 1.82. The molecule has 8 heteroatoms. The van der Waals surface area contributed by atoms with Crippen LogP contribution in [0.3, 0.4) is 0 Å². The SMILES string of the molecule is CC1OC2=C3C(=NC(N)=NC3NN2)N2C[C@@](C)(O)CCC12. The van der Waals surface area contributed by atoms with Crippen LogP contribution in [-0.2, 0) is 4.74 Å². The molecule has 0 aromatic heterocycles. The zero-order valence-corrected chi connectivity index (χ0v) is 12.1. The number of aliphatic imine (C=N–C) groups is 2. The first-order valence-corrected chi connectivity index (χ1v) is 7.28. The number of piperidine rings is 1. The molecule has 0 aliphatic carbocycles. The lowest BCUT2D eigenvalue weighted by atomic mass is 9.87. The van der Waals surface area contributed by atoms with E-state index in [2.05, 4.69) is 25.7 Å². The first kappa shape index (κ1) is 12.9. The van der Waals surface area contributed by atoms with Gasteiger partial charge in [0, 0.05) is 6.54 Å². The van der Waals surface area contributed by atoms with Crippen LogP contribution < -0.4 is 16.6 Å². The van der Waals surface area contributed by atoms with Crippen molar-refractivity contribution in [1.29, 1.82) is 0 Å². The first-order valence-electron chi connectivity index (χ1n) is 7.28. The van der Waals surface area contributed by atoms with E-state index in [9.17, 15) is 5.11 Å². The van der Waals surface area contributed by atoms with Crippen LogP contribution in [0.5, 0.6) is 0 Å². The maximum atomic E-state index is 10.4. The summed E-state index contributed by atoms with van der Waals surface area (Å²) in [4.78, 5) is 10.8. The molecule has 0 saturated carbocycles. The van der Waals surface area contributed by atoms with Gasteiger partial charge in [-0.3, -0.25) is 5.43 Å². The number of nitrogens with zero attached hydrogens (tertiary/aromatic N) is 3. The highest BCUT2D eigenvalue weighted by Crippen LogP contribution is 2.35. The molecule has 0 amide bonds. The van der Waals surface area contributed by atoms with Crippen LogP contribution in [0.4, 0.5) is 0 Å². The molecular weight excluding hydrogens is 272 g/mol. The molecule has 5 N–H and O–H groups in total. The molecule has 114 valence electrons. The van der Waals surface area contributed by atoms with Crippen LogP contribution in [0, 0.1) is 0 Å². The summed E-state index contributed by atoms with van der Waals surface area (Å²) >= 11 is 0. The second-order valence-corrected chi connectivity index (χ2v) is 6.39. The lowest BCUT2D eigenvalue weighted by molar-refractivity contribution is -0.0429. The smallest absolute Gasteiger partial charge is 0.219 e. The van der Waals surface area contributed by atoms with E-state index in [4.69, 9.17) is 10.5 Å². The molecule has 3 unspecified atom stereocenters. The zero-order chi connectivity index (χ0) is 14.8. The average Bonchev–Trinajstić information content (AvgIpc) is 2.74. The van der Waals surface area contributed by atoms with Gasteiger partial charge in [-0.25, -0.2) is 10.4 Å². The summed E-state index contributed by atoms with van der Waals surface area (Å²) in [5.41, 5.74) is 12.0. The number of nitrogens with two attached hydrogens (primary N) is 1. The van der Waals surface area contributed by atoms with Crippen molar-refractivity contribution in [3.8, 4) is 0 Å². The molecule has 1 fully saturated rings. The summed E-state index contributed by atoms with van der Waals surface area (Å²) in [6, 6.07) is 0.169. The number of fused-ring (bicyclic) bond motifs is 2. The van der Waals surface area contributed by atoms with Gasteiger partial charge in [-0.05, 0) is 26.7 Å². The second kappa shape index (κ2) is 4.11. The van der Waals surface area contributed by atoms with Crippen LogP contribution >= 0.6 is 0 Å². The van der Waals surface area contributed by atoms with Gasteiger partial charge in [0.05, 0.1) is 17.2 Å². The number of guanidine groups is 1. The predicted octanol–water partition coefficient (Wildman–Crippen LogP) is -1.01. The van der Waals surface area contributed by atoms with Crippen LogP contribution in [-0.4, -0.2) is 52.3 Å². The van der Waals surface area contributed by atoms with Gasteiger partial charge in [0.2, 0.25) is 11.8 Å². The summed E-state index contributed by atoms with van der Waals surface area (Å²) in [7, 11) is 0. The molecule has 0 radical (unpaired) electrons. The minimum atomic E-state index is -0.734. The van der Waals surface area contributed by atoms with Crippen LogP contribution in [0.2, 0.25) is 0 Å². The van der Waals surface area contributed by atoms with Crippen molar-refractivity contribution in [3.63, 3.8) is 0 Å². The number of hydrazine groups is 1.